The summed E-state index contributed by atoms with van der Waals surface area (Å²) in [5, 5.41) is 11.5. The Hall–Kier alpha value is -2.46. The van der Waals surface area contributed by atoms with Gasteiger partial charge in [-0.2, -0.15) is 5.26 Å². The summed E-state index contributed by atoms with van der Waals surface area (Å²) < 4.78 is 16.2. The van der Waals surface area contributed by atoms with Crippen LogP contribution in [0.15, 0.2) is 18.2 Å². The van der Waals surface area contributed by atoms with E-state index in [1.54, 1.807) is 4.90 Å². The van der Waals surface area contributed by atoms with Crippen LogP contribution < -0.4 is 14.8 Å². The monoisotopic (exact) mass is 347 g/mol. The van der Waals surface area contributed by atoms with Crippen molar-refractivity contribution in [2.45, 2.75) is 39.3 Å². The van der Waals surface area contributed by atoms with Gasteiger partial charge in [0.2, 0.25) is 6.79 Å². The number of hydrogen-bond donors (Lipinski definition) is 1. The predicted octanol–water partition coefficient (Wildman–Crippen LogP) is 2.66. The smallest absolute Gasteiger partial charge is 0.410 e. The van der Waals surface area contributed by atoms with E-state index < -0.39 is 5.60 Å². The fourth-order valence-electron chi connectivity index (χ4n) is 2.36. The number of ether oxygens (including phenoxy) is 3. The maximum absolute atomic E-state index is 12.5. The Bertz CT molecular complexity index is 634. The molecule has 0 aliphatic carbocycles. The SMILES string of the molecule is CC(C)(C)OC(=O)N(CCCNCC#N)Cc1ccc2c(c1)OCO2. The quantitative estimate of drug-likeness (QED) is 0.603. The maximum Gasteiger partial charge on any atom is 0.410 e. The highest BCUT2D eigenvalue weighted by Crippen LogP contribution is 2.32. The van der Waals surface area contributed by atoms with Gasteiger partial charge < -0.3 is 24.4 Å². The maximum atomic E-state index is 12.5. The van der Waals surface area contributed by atoms with Gasteiger partial charge in [0.05, 0.1) is 12.6 Å². The summed E-state index contributed by atoms with van der Waals surface area (Å²) in [5.74, 6) is 1.41. The number of fused-ring (bicyclic) bond motifs is 1. The third kappa shape index (κ3) is 6.16. The number of nitriles is 1. The molecule has 1 N–H and O–H groups in total. The van der Waals surface area contributed by atoms with E-state index in [9.17, 15) is 4.79 Å². The molecule has 0 saturated carbocycles. The second-order valence-electron chi connectivity index (χ2n) is 6.78. The van der Waals surface area contributed by atoms with Crippen LogP contribution in [0.1, 0.15) is 32.8 Å². The van der Waals surface area contributed by atoms with Gasteiger partial charge in [-0.25, -0.2) is 4.79 Å². The predicted molar refractivity (Wildman–Crippen MR) is 92.3 cm³/mol. The molecule has 1 heterocycles. The molecular formula is C18H25N3O4. The van der Waals surface area contributed by atoms with Crippen LogP contribution in [-0.2, 0) is 11.3 Å². The normalized spacial score (nSPS) is 12.6. The lowest BCUT2D eigenvalue weighted by Crippen LogP contribution is -2.37. The number of carbonyl (C=O) groups is 1. The average molecular weight is 347 g/mol. The van der Waals surface area contributed by atoms with Gasteiger partial charge in [0.25, 0.3) is 0 Å². The molecule has 0 radical (unpaired) electrons. The molecule has 0 fully saturated rings. The fraction of sp³-hybridized carbons (Fsp3) is 0.556. The summed E-state index contributed by atoms with van der Waals surface area (Å²) in [4.78, 5) is 14.2. The van der Waals surface area contributed by atoms with Gasteiger partial charge in [-0.3, -0.25) is 0 Å². The zero-order valence-electron chi connectivity index (χ0n) is 15.0. The molecule has 1 aliphatic heterocycles. The molecule has 0 saturated heterocycles. The Morgan fingerprint density at radius 1 is 1.36 bits per heavy atom. The Balaban J connectivity index is 2.00. The van der Waals surface area contributed by atoms with Gasteiger partial charge in [-0.1, -0.05) is 6.07 Å². The van der Waals surface area contributed by atoms with Crippen molar-refractivity contribution in [1.29, 1.82) is 5.26 Å². The minimum absolute atomic E-state index is 0.221. The lowest BCUT2D eigenvalue weighted by atomic mass is 10.2. The number of nitrogens with one attached hydrogen (secondary N) is 1. The second-order valence-corrected chi connectivity index (χ2v) is 6.78. The van der Waals surface area contributed by atoms with Crippen molar-refractivity contribution in [2.24, 2.45) is 0 Å². The van der Waals surface area contributed by atoms with Gasteiger partial charge in [0.1, 0.15) is 5.60 Å². The Morgan fingerprint density at radius 3 is 2.84 bits per heavy atom. The summed E-state index contributed by atoms with van der Waals surface area (Å²) in [6.45, 7) is 7.67. The van der Waals surface area contributed by atoms with E-state index in [1.807, 2.05) is 45.0 Å². The van der Waals surface area contributed by atoms with E-state index in [4.69, 9.17) is 19.5 Å². The molecular weight excluding hydrogens is 322 g/mol. The molecule has 0 bridgehead atoms. The molecule has 0 unspecified atom stereocenters. The van der Waals surface area contributed by atoms with Crippen LogP contribution in [0.5, 0.6) is 11.5 Å². The average Bonchev–Trinajstić information content (AvgIpc) is 2.99. The van der Waals surface area contributed by atoms with Crippen molar-refractivity contribution < 1.29 is 19.0 Å². The molecule has 0 aromatic heterocycles. The van der Waals surface area contributed by atoms with Crippen molar-refractivity contribution >= 4 is 6.09 Å². The summed E-state index contributed by atoms with van der Waals surface area (Å²) >= 11 is 0. The molecule has 1 amide bonds. The zero-order chi connectivity index (χ0) is 18.3. The van der Waals surface area contributed by atoms with Crippen molar-refractivity contribution in [1.82, 2.24) is 10.2 Å². The van der Waals surface area contributed by atoms with Crippen molar-refractivity contribution in [3.05, 3.63) is 23.8 Å². The fourth-order valence-corrected chi connectivity index (χ4v) is 2.36. The number of carbonyl (C=O) groups excluding carboxylic acids is 1. The van der Waals surface area contributed by atoms with E-state index in [1.165, 1.54) is 0 Å². The Labute approximate surface area is 148 Å². The summed E-state index contributed by atoms with van der Waals surface area (Å²) in [6, 6.07) is 7.68. The van der Waals surface area contributed by atoms with Gasteiger partial charge in [0.15, 0.2) is 11.5 Å². The van der Waals surface area contributed by atoms with E-state index in [0.29, 0.717) is 37.7 Å². The van der Waals surface area contributed by atoms with Crippen LogP contribution >= 0.6 is 0 Å². The molecule has 2 rings (SSSR count). The molecule has 0 atom stereocenters. The van der Waals surface area contributed by atoms with E-state index in [0.717, 1.165) is 12.0 Å². The summed E-state index contributed by atoms with van der Waals surface area (Å²) in [7, 11) is 0. The number of amides is 1. The largest absolute Gasteiger partial charge is 0.454 e. The molecule has 1 aromatic rings. The number of hydrogen-bond acceptors (Lipinski definition) is 6. The number of benzene rings is 1. The molecule has 7 heteroatoms. The first-order chi connectivity index (χ1) is 11.9. The van der Waals surface area contributed by atoms with Crippen LogP contribution in [0.4, 0.5) is 4.79 Å². The summed E-state index contributed by atoms with van der Waals surface area (Å²) in [6.07, 6.45) is 0.372. The highest BCUT2D eigenvalue weighted by atomic mass is 16.7. The van der Waals surface area contributed by atoms with Crippen LogP contribution in [0.2, 0.25) is 0 Å². The molecule has 136 valence electrons. The minimum atomic E-state index is -0.552. The van der Waals surface area contributed by atoms with Crippen LogP contribution in [0.25, 0.3) is 0 Å². The van der Waals surface area contributed by atoms with Gasteiger partial charge in [-0.15, -0.1) is 0 Å². The van der Waals surface area contributed by atoms with Crippen LogP contribution in [0.3, 0.4) is 0 Å². The van der Waals surface area contributed by atoms with Gasteiger partial charge >= 0.3 is 6.09 Å². The Morgan fingerprint density at radius 2 is 2.12 bits per heavy atom. The van der Waals surface area contributed by atoms with Crippen molar-refractivity contribution in [3.8, 4) is 17.6 Å². The first-order valence-electron chi connectivity index (χ1n) is 8.33. The molecule has 7 nitrogen and oxygen atoms in total. The molecule has 1 aromatic carbocycles. The number of rotatable bonds is 7. The standard InChI is InChI=1S/C18H25N3O4/c1-18(2,3)25-17(22)21(10-4-8-20-9-7-19)12-14-5-6-15-16(11-14)24-13-23-15/h5-6,11,20H,4,8-10,12-13H2,1-3H3. The van der Waals surface area contributed by atoms with Crippen molar-refractivity contribution in [2.75, 3.05) is 26.4 Å². The topological polar surface area (TPSA) is 83.8 Å². The van der Waals surface area contributed by atoms with Crippen LogP contribution in [-0.4, -0.2) is 43.0 Å². The molecule has 1 aliphatic rings. The minimum Gasteiger partial charge on any atom is -0.454 e. The van der Waals surface area contributed by atoms with Gasteiger partial charge in [-0.05, 0) is 51.4 Å². The van der Waals surface area contributed by atoms with Gasteiger partial charge in [0, 0.05) is 13.1 Å². The highest BCUT2D eigenvalue weighted by Gasteiger charge is 2.23. The third-order valence-corrected chi connectivity index (χ3v) is 3.45. The van der Waals surface area contributed by atoms with E-state index in [2.05, 4.69) is 5.32 Å². The summed E-state index contributed by atoms with van der Waals surface area (Å²) in [5.41, 5.74) is 0.392. The number of nitrogens with zero attached hydrogens (tertiary/aromatic N) is 2. The first kappa shape index (κ1) is 18.9. The van der Waals surface area contributed by atoms with Crippen LogP contribution in [0, 0.1) is 11.3 Å². The van der Waals surface area contributed by atoms with E-state index >= 15 is 0 Å². The molecule has 25 heavy (non-hydrogen) atoms. The lowest BCUT2D eigenvalue weighted by molar-refractivity contribution is 0.0231. The van der Waals surface area contributed by atoms with E-state index in [-0.39, 0.29) is 12.9 Å². The zero-order valence-corrected chi connectivity index (χ0v) is 15.0. The Kier molecular flexibility index (Phi) is 6.48. The highest BCUT2D eigenvalue weighted by molar-refractivity contribution is 5.68. The molecule has 0 spiro atoms. The van der Waals surface area contributed by atoms with Crippen molar-refractivity contribution in [3.63, 3.8) is 0 Å². The lowest BCUT2D eigenvalue weighted by Gasteiger charge is -2.27. The first-order valence-corrected chi connectivity index (χ1v) is 8.33. The second kappa shape index (κ2) is 8.58. The third-order valence-electron chi connectivity index (χ3n) is 3.45.